The Labute approximate surface area is 215 Å². The van der Waals surface area contributed by atoms with Crippen LogP contribution in [0.3, 0.4) is 0 Å². The van der Waals surface area contributed by atoms with Gasteiger partial charge < -0.3 is 18.9 Å². The smallest absolute Gasteiger partial charge is 0.191 e. The minimum atomic E-state index is -1.19. The Balaban J connectivity index is 1.81. The van der Waals surface area contributed by atoms with Crippen LogP contribution in [0.1, 0.15) is 27.6 Å². The first kappa shape index (κ1) is 23.8. The molecule has 182 valence electrons. The van der Waals surface area contributed by atoms with Crippen molar-refractivity contribution in [1.29, 1.82) is 0 Å². The van der Waals surface area contributed by atoms with E-state index in [1.807, 2.05) is 97.1 Å². The Kier molecular flexibility index (Phi) is 6.61. The van der Waals surface area contributed by atoms with E-state index in [9.17, 15) is 4.79 Å². The second-order valence-corrected chi connectivity index (χ2v) is 9.63. The van der Waals surface area contributed by atoms with E-state index in [2.05, 4.69) is 0 Å². The zero-order chi connectivity index (χ0) is 25.1. The number of thioether (sulfide) groups is 1. The van der Waals surface area contributed by atoms with Crippen LogP contribution in [0.2, 0.25) is 0 Å². The van der Waals surface area contributed by atoms with E-state index < -0.39 is 10.9 Å². The molecule has 0 saturated heterocycles. The zero-order valence-electron chi connectivity index (χ0n) is 20.3. The molecule has 0 spiro atoms. The van der Waals surface area contributed by atoms with Crippen LogP contribution in [0.5, 0.6) is 23.0 Å². The fraction of sp³-hybridized carbons (Fsp3) is 0.167. The predicted molar refractivity (Wildman–Crippen MR) is 141 cm³/mol. The lowest BCUT2D eigenvalue weighted by atomic mass is 9.79. The SMILES string of the molecule is COc1ccc(C2Oc3ccccc3C(=O)C2(Sc2ccccc2)c2ccc(OC)cc2OC)cc1. The number of carbonyl (C=O) groups excluding carboxylic acids is 1. The summed E-state index contributed by atoms with van der Waals surface area (Å²) in [6.45, 7) is 0. The van der Waals surface area contributed by atoms with Gasteiger partial charge in [0.05, 0.1) is 26.9 Å². The van der Waals surface area contributed by atoms with Crippen molar-refractivity contribution in [3.63, 3.8) is 0 Å². The summed E-state index contributed by atoms with van der Waals surface area (Å²) < 4.78 is 22.2. The molecule has 1 heterocycles. The summed E-state index contributed by atoms with van der Waals surface area (Å²) >= 11 is 1.47. The van der Waals surface area contributed by atoms with Gasteiger partial charge in [0, 0.05) is 16.5 Å². The van der Waals surface area contributed by atoms with E-state index >= 15 is 0 Å². The van der Waals surface area contributed by atoms with Gasteiger partial charge in [-0.25, -0.2) is 0 Å². The number of ketones is 1. The Hall–Kier alpha value is -3.90. The maximum Gasteiger partial charge on any atom is 0.191 e. The molecule has 0 saturated carbocycles. The van der Waals surface area contributed by atoms with Gasteiger partial charge in [-0.1, -0.05) is 42.5 Å². The van der Waals surface area contributed by atoms with Gasteiger partial charge in [0.15, 0.2) is 16.6 Å². The Morgan fingerprint density at radius 3 is 2.11 bits per heavy atom. The lowest BCUT2D eigenvalue weighted by Crippen LogP contribution is -2.45. The van der Waals surface area contributed by atoms with E-state index in [4.69, 9.17) is 18.9 Å². The molecule has 5 rings (SSSR count). The largest absolute Gasteiger partial charge is 0.497 e. The molecule has 0 amide bonds. The van der Waals surface area contributed by atoms with Crippen molar-refractivity contribution >= 4 is 17.5 Å². The van der Waals surface area contributed by atoms with E-state index in [1.165, 1.54) is 11.8 Å². The van der Waals surface area contributed by atoms with Gasteiger partial charge in [0.2, 0.25) is 0 Å². The molecule has 0 aromatic heterocycles. The van der Waals surface area contributed by atoms with Gasteiger partial charge >= 0.3 is 0 Å². The first-order valence-corrected chi connectivity index (χ1v) is 12.3. The number of para-hydroxylation sites is 1. The maximum atomic E-state index is 14.7. The number of hydrogen-bond acceptors (Lipinski definition) is 6. The fourth-order valence-corrected chi connectivity index (χ4v) is 6.00. The molecule has 0 radical (unpaired) electrons. The van der Waals surface area contributed by atoms with Crippen LogP contribution in [-0.2, 0) is 4.75 Å². The summed E-state index contributed by atoms with van der Waals surface area (Å²) in [4.78, 5) is 15.6. The minimum Gasteiger partial charge on any atom is -0.497 e. The summed E-state index contributed by atoms with van der Waals surface area (Å²) in [5.74, 6) is 2.42. The van der Waals surface area contributed by atoms with Crippen molar-refractivity contribution in [3.05, 3.63) is 114 Å². The van der Waals surface area contributed by atoms with Crippen LogP contribution < -0.4 is 18.9 Å². The van der Waals surface area contributed by atoms with Gasteiger partial charge in [-0.2, -0.15) is 0 Å². The highest BCUT2D eigenvalue weighted by molar-refractivity contribution is 8.01. The number of ether oxygens (including phenoxy) is 4. The first-order valence-electron chi connectivity index (χ1n) is 11.5. The average molecular weight is 499 g/mol. The lowest BCUT2D eigenvalue weighted by molar-refractivity contribution is 0.0722. The third kappa shape index (κ3) is 4.07. The minimum absolute atomic E-state index is 0.0533. The number of methoxy groups -OCH3 is 3. The summed E-state index contributed by atoms with van der Waals surface area (Å²) in [5, 5.41) is 0. The molecule has 0 fully saturated rings. The van der Waals surface area contributed by atoms with Gasteiger partial charge in [0.25, 0.3) is 0 Å². The molecule has 2 unspecified atom stereocenters. The van der Waals surface area contributed by atoms with Crippen molar-refractivity contribution in [1.82, 2.24) is 0 Å². The summed E-state index contributed by atoms with van der Waals surface area (Å²) in [6.07, 6.45) is -0.654. The monoisotopic (exact) mass is 498 g/mol. The standard InChI is InChI=1S/C30H26O5S/c1-32-21-15-13-20(14-16-21)29-30(36-23-9-5-4-6-10-23,25-18-17-22(33-2)19-27(25)34-3)28(31)24-11-7-8-12-26(24)35-29/h4-19,29H,1-3H3. The lowest BCUT2D eigenvalue weighted by Gasteiger charge is -2.43. The third-order valence-electron chi connectivity index (χ3n) is 6.33. The molecule has 6 heteroatoms. The number of Topliss-reactive ketones (excluding diaryl/α,β-unsaturated/α-hetero) is 1. The quantitative estimate of drug-likeness (QED) is 0.282. The highest BCUT2D eigenvalue weighted by Crippen LogP contribution is 2.59. The third-order valence-corrected chi connectivity index (χ3v) is 7.78. The first-order chi connectivity index (χ1) is 17.6. The number of fused-ring (bicyclic) bond motifs is 1. The van der Waals surface area contributed by atoms with Gasteiger partial charge in [-0.3, -0.25) is 4.79 Å². The second-order valence-electron chi connectivity index (χ2n) is 8.31. The maximum absolute atomic E-state index is 14.7. The summed E-state index contributed by atoms with van der Waals surface area (Å²) in [5.41, 5.74) is 2.09. The van der Waals surface area contributed by atoms with Crippen molar-refractivity contribution < 1.29 is 23.7 Å². The van der Waals surface area contributed by atoms with Crippen molar-refractivity contribution in [2.45, 2.75) is 15.7 Å². The van der Waals surface area contributed by atoms with Gasteiger partial charge in [-0.05, 0) is 54.1 Å². The molecule has 4 aromatic carbocycles. The summed E-state index contributed by atoms with van der Waals surface area (Å²) in [6, 6.07) is 30.5. The number of hydrogen-bond donors (Lipinski definition) is 0. The molecule has 36 heavy (non-hydrogen) atoms. The van der Waals surface area contributed by atoms with Crippen molar-refractivity contribution in [3.8, 4) is 23.0 Å². The zero-order valence-corrected chi connectivity index (χ0v) is 21.1. The van der Waals surface area contributed by atoms with E-state index in [0.717, 1.165) is 16.2 Å². The van der Waals surface area contributed by atoms with Gasteiger partial charge in [-0.15, -0.1) is 11.8 Å². The molecule has 0 aliphatic carbocycles. The highest BCUT2D eigenvalue weighted by atomic mass is 32.2. The normalized spacial score (nSPS) is 18.6. The fourth-order valence-electron chi connectivity index (χ4n) is 4.57. The van der Waals surface area contributed by atoms with E-state index in [0.29, 0.717) is 28.4 Å². The molecule has 5 nitrogen and oxygen atoms in total. The van der Waals surface area contributed by atoms with Crippen LogP contribution in [-0.4, -0.2) is 27.1 Å². The molecule has 1 aliphatic heterocycles. The second kappa shape index (κ2) is 9.99. The molecular weight excluding hydrogens is 472 g/mol. The average Bonchev–Trinajstić information content (AvgIpc) is 2.94. The topological polar surface area (TPSA) is 54.0 Å². The number of rotatable bonds is 7. The van der Waals surface area contributed by atoms with Crippen LogP contribution in [0.15, 0.2) is 102 Å². The molecule has 1 aliphatic rings. The highest BCUT2D eigenvalue weighted by Gasteiger charge is 2.55. The van der Waals surface area contributed by atoms with Crippen LogP contribution in [0.4, 0.5) is 0 Å². The van der Waals surface area contributed by atoms with Crippen molar-refractivity contribution in [2.75, 3.05) is 21.3 Å². The number of carbonyl (C=O) groups is 1. The Bertz CT molecular complexity index is 1370. The Morgan fingerprint density at radius 2 is 1.42 bits per heavy atom. The van der Waals surface area contributed by atoms with Gasteiger partial charge in [0.1, 0.15) is 23.0 Å². The van der Waals surface area contributed by atoms with Crippen molar-refractivity contribution in [2.24, 2.45) is 0 Å². The molecular formula is C30H26O5S. The van der Waals surface area contributed by atoms with Crippen LogP contribution >= 0.6 is 11.8 Å². The van der Waals surface area contributed by atoms with Crippen LogP contribution in [0.25, 0.3) is 0 Å². The number of benzene rings is 4. The van der Waals surface area contributed by atoms with Crippen LogP contribution in [0, 0.1) is 0 Å². The molecule has 4 aromatic rings. The molecule has 0 N–H and O–H groups in total. The molecule has 0 bridgehead atoms. The van der Waals surface area contributed by atoms with E-state index in [-0.39, 0.29) is 5.78 Å². The van der Waals surface area contributed by atoms with E-state index in [1.54, 1.807) is 21.3 Å². The Morgan fingerprint density at radius 1 is 0.750 bits per heavy atom. The summed E-state index contributed by atoms with van der Waals surface area (Å²) in [7, 11) is 4.83. The molecule has 2 atom stereocenters. The predicted octanol–water partition coefficient (Wildman–Crippen LogP) is 6.72.